The van der Waals surface area contributed by atoms with Crippen LogP contribution in [0.2, 0.25) is 0 Å². The summed E-state index contributed by atoms with van der Waals surface area (Å²) in [5.41, 5.74) is 5.27. The van der Waals surface area contributed by atoms with Crippen LogP contribution in [0.5, 0.6) is 0 Å². The number of hydrogen-bond donors (Lipinski definition) is 0. The van der Waals surface area contributed by atoms with Crippen LogP contribution in [0.3, 0.4) is 0 Å². The molecule has 0 bridgehead atoms. The highest BCUT2D eigenvalue weighted by molar-refractivity contribution is 6.10. The lowest BCUT2D eigenvalue weighted by Crippen LogP contribution is -1.87. The standard InChI is InChI=1S/C19H11N3O/c1-5-13(15-10-14-12(11-22-15)4-2-8-20-14)18-16(6-1)23-17-7-3-9-21-19(17)18/h1-11H. The maximum absolute atomic E-state index is 5.90. The number of rotatable bonds is 1. The first-order valence-electron chi connectivity index (χ1n) is 7.37. The first-order chi connectivity index (χ1) is 11.4. The molecule has 0 unspecified atom stereocenters. The van der Waals surface area contributed by atoms with Crippen LogP contribution in [0.25, 0.3) is 44.2 Å². The smallest absolute Gasteiger partial charge is 0.153 e. The van der Waals surface area contributed by atoms with Crippen molar-refractivity contribution in [2.75, 3.05) is 0 Å². The van der Waals surface area contributed by atoms with E-state index in [1.807, 2.05) is 54.7 Å². The van der Waals surface area contributed by atoms with Crippen molar-refractivity contribution < 1.29 is 4.42 Å². The number of nitrogens with zero attached hydrogens (tertiary/aromatic N) is 3. The Bertz CT molecular complexity index is 1180. The molecule has 108 valence electrons. The second kappa shape index (κ2) is 4.61. The monoisotopic (exact) mass is 297 g/mol. The van der Waals surface area contributed by atoms with Crippen molar-refractivity contribution in [3.05, 3.63) is 67.1 Å². The maximum atomic E-state index is 5.90. The zero-order valence-corrected chi connectivity index (χ0v) is 12.1. The fourth-order valence-corrected chi connectivity index (χ4v) is 2.97. The predicted octanol–water partition coefficient (Wildman–Crippen LogP) is 4.59. The van der Waals surface area contributed by atoms with Crippen LogP contribution in [0.4, 0.5) is 0 Å². The Morgan fingerprint density at radius 3 is 2.65 bits per heavy atom. The van der Waals surface area contributed by atoms with Gasteiger partial charge in [-0.15, -0.1) is 0 Å². The van der Waals surface area contributed by atoms with Crippen molar-refractivity contribution >= 4 is 33.0 Å². The predicted molar refractivity (Wildman–Crippen MR) is 90.0 cm³/mol. The van der Waals surface area contributed by atoms with Crippen molar-refractivity contribution in [2.45, 2.75) is 0 Å². The van der Waals surface area contributed by atoms with Crippen molar-refractivity contribution in [1.29, 1.82) is 0 Å². The Hall–Kier alpha value is -3.27. The molecule has 0 spiro atoms. The molecule has 0 radical (unpaired) electrons. The molecule has 0 aliphatic rings. The van der Waals surface area contributed by atoms with Gasteiger partial charge in [-0.1, -0.05) is 12.1 Å². The number of fused-ring (bicyclic) bond motifs is 4. The van der Waals surface area contributed by atoms with E-state index in [2.05, 4.69) is 15.0 Å². The third kappa shape index (κ3) is 1.82. The van der Waals surface area contributed by atoms with Crippen molar-refractivity contribution in [2.24, 2.45) is 0 Å². The average Bonchev–Trinajstić information content (AvgIpc) is 3.00. The molecule has 0 fully saturated rings. The summed E-state index contributed by atoms with van der Waals surface area (Å²) in [6.07, 6.45) is 5.43. The molecule has 4 aromatic heterocycles. The Kier molecular flexibility index (Phi) is 2.46. The van der Waals surface area contributed by atoms with Gasteiger partial charge in [-0.25, -0.2) is 0 Å². The SMILES string of the molecule is c1cnc2cc(-c3cccc4oc5cccnc5c34)ncc2c1. The molecule has 23 heavy (non-hydrogen) atoms. The van der Waals surface area contributed by atoms with Crippen molar-refractivity contribution in [3.8, 4) is 11.3 Å². The van der Waals surface area contributed by atoms with Gasteiger partial charge in [0.15, 0.2) is 5.58 Å². The Morgan fingerprint density at radius 1 is 0.783 bits per heavy atom. The molecule has 4 nitrogen and oxygen atoms in total. The molecule has 4 heteroatoms. The van der Waals surface area contributed by atoms with Gasteiger partial charge in [0.2, 0.25) is 0 Å². The molecule has 1 aromatic carbocycles. The minimum Gasteiger partial charge on any atom is -0.454 e. The third-order valence-electron chi connectivity index (χ3n) is 4.02. The lowest BCUT2D eigenvalue weighted by molar-refractivity contribution is 0.668. The minimum absolute atomic E-state index is 0.786. The Balaban J connectivity index is 1.87. The molecular formula is C19H11N3O. The van der Waals surface area contributed by atoms with E-state index < -0.39 is 0 Å². The van der Waals surface area contributed by atoms with Gasteiger partial charge in [0, 0.05) is 29.5 Å². The number of furan rings is 1. The van der Waals surface area contributed by atoms with Gasteiger partial charge >= 0.3 is 0 Å². The molecule has 0 saturated carbocycles. The highest BCUT2D eigenvalue weighted by Gasteiger charge is 2.14. The Labute approximate surface area is 131 Å². The van der Waals surface area contributed by atoms with Gasteiger partial charge in [0.25, 0.3) is 0 Å². The summed E-state index contributed by atoms with van der Waals surface area (Å²) in [4.78, 5) is 13.5. The molecular weight excluding hydrogens is 286 g/mol. The van der Waals surface area contributed by atoms with Gasteiger partial charge in [0.1, 0.15) is 11.1 Å². The third-order valence-corrected chi connectivity index (χ3v) is 4.02. The normalized spacial score (nSPS) is 11.5. The fraction of sp³-hybridized carbons (Fsp3) is 0. The molecule has 4 heterocycles. The summed E-state index contributed by atoms with van der Waals surface area (Å²) >= 11 is 0. The van der Waals surface area contributed by atoms with Crippen LogP contribution in [0.15, 0.2) is 71.5 Å². The number of benzene rings is 1. The van der Waals surface area contributed by atoms with Gasteiger partial charge in [-0.2, -0.15) is 0 Å². The largest absolute Gasteiger partial charge is 0.454 e. The summed E-state index contributed by atoms with van der Waals surface area (Å²) in [7, 11) is 0. The first kappa shape index (κ1) is 12.3. The first-order valence-corrected chi connectivity index (χ1v) is 7.37. The van der Waals surface area contributed by atoms with E-state index in [1.54, 1.807) is 12.4 Å². The quantitative estimate of drug-likeness (QED) is 0.454. The lowest BCUT2D eigenvalue weighted by atomic mass is 10.0. The van der Waals surface area contributed by atoms with E-state index >= 15 is 0 Å². The molecule has 0 aliphatic heterocycles. The number of hydrogen-bond acceptors (Lipinski definition) is 4. The zero-order valence-electron chi connectivity index (χ0n) is 12.1. The highest BCUT2D eigenvalue weighted by atomic mass is 16.3. The topological polar surface area (TPSA) is 51.8 Å². The minimum atomic E-state index is 0.786. The average molecular weight is 297 g/mol. The molecule has 5 aromatic rings. The van der Waals surface area contributed by atoms with Crippen LogP contribution in [0, 0.1) is 0 Å². The van der Waals surface area contributed by atoms with E-state index in [-0.39, 0.29) is 0 Å². The summed E-state index contributed by atoms with van der Waals surface area (Å²) in [5.74, 6) is 0. The van der Waals surface area contributed by atoms with Crippen LogP contribution in [-0.4, -0.2) is 15.0 Å². The van der Waals surface area contributed by atoms with Gasteiger partial charge in [-0.3, -0.25) is 15.0 Å². The molecule has 0 amide bonds. The summed E-state index contributed by atoms with van der Waals surface area (Å²) in [5, 5.41) is 2.02. The molecule has 0 atom stereocenters. The zero-order chi connectivity index (χ0) is 15.2. The lowest BCUT2D eigenvalue weighted by Gasteiger charge is -2.04. The summed E-state index contributed by atoms with van der Waals surface area (Å²) in [6, 6.07) is 15.7. The summed E-state index contributed by atoms with van der Waals surface area (Å²) in [6.45, 7) is 0. The van der Waals surface area contributed by atoms with Crippen molar-refractivity contribution in [1.82, 2.24) is 15.0 Å². The second-order valence-electron chi connectivity index (χ2n) is 5.40. The van der Waals surface area contributed by atoms with Gasteiger partial charge in [-0.05, 0) is 36.4 Å². The highest BCUT2D eigenvalue weighted by Crippen LogP contribution is 2.35. The van der Waals surface area contributed by atoms with E-state index in [0.717, 1.165) is 44.2 Å². The van der Waals surface area contributed by atoms with Crippen LogP contribution in [0.1, 0.15) is 0 Å². The molecule has 5 rings (SSSR count). The van der Waals surface area contributed by atoms with Gasteiger partial charge < -0.3 is 4.42 Å². The molecule has 0 N–H and O–H groups in total. The van der Waals surface area contributed by atoms with Gasteiger partial charge in [0.05, 0.1) is 16.6 Å². The summed E-state index contributed by atoms with van der Waals surface area (Å²) < 4.78 is 5.90. The van der Waals surface area contributed by atoms with E-state index in [9.17, 15) is 0 Å². The van der Waals surface area contributed by atoms with E-state index in [1.165, 1.54) is 0 Å². The van der Waals surface area contributed by atoms with Crippen LogP contribution >= 0.6 is 0 Å². The molecule has 0 saturated heterocycles. The van der Waals surface area contributed by atoms with E-state index in [0.29, 0.717) is 0 Å². The Morgan fingerprint density at radius 2 is 1.65 bits per heavy atom. The van der Waals surface area contributed by atoms with Crippen molar-refractivity contribution in [3.63, 3.8) is 0 Å². The van der Waals surface area contributed by atoms with Crippen LogP contribution < -0.4 is 0 Å². The number of aromatic nitrogens is 3. The maximum Gasteiger partial charge on any atom is 0.153 e. The van der Waals surface area contributed by atoms with E-state index in [4.69, 9.17) is 4.42 Å². The second-order valence-corrected chi connectivity index (χ2v) is 5.40. The van der Waals surface area contributed by atoms with Crippen LogP contribution in [-0.2, 0) is 0 Å². The number of pyridine rings is 3. The fourth-order valence-electron chi connectivity index (χ4n) is 2.97. The molecule has 0 aliphatic carbocycles.